The van der Waals surface area contributed by atoms with Gasteiger partial charge in [0.1, 0.15) is 0 Å². The fourth-order valence-electron chi connectivity index (χ4n) is 1.91. The second kappa shape index (κ2) is 5.87. The Morgan fingerprint density at radius 1 is 1.33 bits per heavy atom. The fourth-order valence-corrected chi connectivity index (χ4v) is 3.52. The SMILES string of the molecule is C=C(Cl)CNS(=O)(=O)CC1CCCCC1. The lowest BCUT2D eigenvalue weighted by atomic mass is 9.91. The summed E-state index contributed by atoms with van der Waals surface area (Å²) in [7, 11) is -3.17. The second-order valence-corrected chi connectivity index (χ2v) is 6.51. The Bertz CT molecular complexity index is 307. The summed E-state index contributed by atoms with van der Waals surface area (Å²) in [6.45, 7) is 3.58. The van der Waals surface area contributed by atoms with Gasteiger partial charge in [0.2, 0.25) is 10.0 Å². The molecule has 0 aromatic rings. The number of sulfonamides is 1. The predicted octanol–water partition coefficient (Wildman–Crippen LogP) is 2.24. The van der Waals surface area contributed by atoms with E-state index in [9.17, 15) is 8.42 Å². The Morgan fingerprint density at radius 3 is 2.47 bits per heavy atom. The number of hydrogen-bond acceptors (Lipinski definition) is 2. The van der Waals surface area contributed by atoms with Gasteiger partial charge in [-0.25, -0.2) is 13.1 Å². The van der Waals surface area contributed by atoms with Crippen LogP contribution < -0.4 is 4.72 Å². The van der Waals surface area contributed by atoms with Crippen LogP contribution in [0.4, 0.5) is 0 Å². The van der Waals surface area contributed by atoms with E-state index < -0.39 is 10.0 Å². The highest BCUT2D eigenvalue weighted by molar-refractivity contribution is 7.89. The minimum Gasteiger partial charge on any atom is -0.212 e. The summed E-state index contributed by atoms with van der Waals surface area (Å²) in [5.41, 5.74) is 0. The first kappa shape index (κ1) is 13.0. The molecule has 1 saturated carbocycles. The highest BCUT2D eigenvalue weighted by Crippen LogP contribution is 2.24. The monoisotopic (exact) mass is 251 g/mol. The Hall–Kier alpha value is -0.0600. The van der Waals surface area contributed by atoms with Crippen molar-refractivity contribution < 1.29 is 8.42 Å². The van der Waals surface area contributed by atoms with Crippen LogP contribution >= 0.6 is 11.6 Å². The summed E-state index contributed by atoms with van der Waals surface area (Å²) in [4.78, 5) is 0. The lowest BCUT2D eigenvalue weighted by Gasteiger charge is -2.21. The molecule has 0 amide bonds. The lowest BCUT2D eigenvalue weighted by molar-refractivity contribution is 0.384. The number of hydrogen-bond donors (Lipinski definition) is 1. The summed E-state index contributed by atoms with van der Waals surface area (Å²) in [5.74, 6) is 0.553. The predicted molar refractivity (Wildman–Crippen MR) is 63.4 cm³/mol. The lowest BCUT2D eigenvalue weighted by Crippen LogP contribution is -2.31. The highest BCUT2D eigenvalue weighted by Gasteiger charge is 2.20. The van der Waals surface area contributed by atoms with Gasteiger partial charge in [-0.05, 0) is 18.8 Å². The van der Waals surface area contributed by atoms with Crippen LogP contribution in [-0.4, -0.2) is 20.7 Å². The van der Waals surface area contributed by atoms with Crippen molar-refractivity contribution in [2.24, 2.45) is 5.92 Å². The number of halogens is 1. The average Bonchev–Trinajstić information content (AvgIpc) is 2.16. The number of rotatable bonds is 5. The summed E-state index contributed by atoms with van der Waals surface area (Å²) in [6, 6.07) is 0. The summed E-state index contributed by atoms with van der Waals surface area (Å²) < 4.78 is 25.6. The first-order chi connectivity index (χ1) is 6.99. The molecule has 1 fully saturated rings. The van der Waals surface area contributed by atoms with Crippen molar-refractivity contribution in [3.63, 3.8) is 0 Å². The number of nitrogens with one attached hydrogen (secondary N) is 1. The maximum Gasteiger partial charge on any atom is 0.212 e. The Kier molecular flexibility index (Phi) is 5.09. The molecule has 0 aliphatic heterocycles. The van der Waals surface area contributed by atoms with Gasteiger partial charge in [0, 0.05) is 11.6 Å². The van der Waals surface area contributed by atoms with E-state index in [1.807, 2.05) is 0 Å². The molecule has 0 spiro atoms. The van der Waals surface area contributed by atoms with E-state index >= 15 is 0 Å². The zero-order chi connectivity index (χ0) is 11.3. The van der Waals surface area contributed by atoms with Crippen LogP contribution in [0.2, 0.25) is 0 Å². The topological polar surface area (TPSA) is 46.2 Å². The Labute approximate surface area is 96.9 Å². The average molecular weight is 252 g/mol. The fraction of sp³-hybridized carbons (Fsp3) is 0.800. The summed E-state index contributed by atoms with van der Waals surface area (Å²) in [6.07, 6.45) is 5.61. The maximum atomic E-state index is 11.6. The third-order valence-corrected chi connectivity index (χ3v) is 4.29. The van der Waals surface area contributed by atoms with Gasteiger partial charge in [-0.3, -0.25) is 0 Å². The minimum absolute atomic E-state index is 0.136. The van der Waals surface area contributed by atoms with Crippen LogP contribution in [0, 0.1) is 5.92 Å². The molecule has 5 heteroatoms. The summed E-state index contributed by atoms with van der Waals surface area (Å²) >= 11 is 5.51. The molecule has 88 valence electrons. The largest absolute Gasteiger partial charge is 0.212 e. The first-order valence-corrected chi connectivity index (χ1v) is 7.33. The molecular weight excluding hydrogens is 234 g/mol. The van der Waals surface area contributed by atoms with E-state index in [2.05, 4.69) is 11.3 Å². The zero-order valence-corrected chi connectivity index (χ0v) is 10.4. The van der Waals surface area contributed by atoms with Crippen molar-refractivity contribution in [1.82, 2.24) is 4.72 Å². The van der Waals surface area contributed by atoms with Crippen LogP contribution in [0.15, 0.2) is 11.6 Å². The van der Waals surface area contributed by atoms with Gasteiger partial charge in [-0.15, -0.1) is 0 Å². The molecule has 1 N–H and O–H groups in total. The molecule has 1 aliphatic carbocycles. The quantitative estimate of drug-likeness (QED) is 0.815. The molecule has 15 heavy (non-hydrogen) atoms. The molecule has 3 nitrogen and oxygen atoms in total. The van der Waals surface area contributed by atoms with Crippen LogP contribution in [-0.2, 0) is 10.0 Å². The maximum absolute atomic E-state index is 11.6. The molecule has 0 bridgehead atoms. The standard InChI is InChI=1S/C10H18ClNO2S/c1-9(11)7-12-15(13,14)8-10-5-3-2-4-6-10/h10,12H,1-8H2. The molecule has 0 aromatic heterocycles. The van der Waals surface area contributed by atoms with Crippen LogP contribution in [0.5, 0.6) is 0 Å². The summed E-state index contributed by atoms with van der Waals surface area (Å²) in [5, 5.41) is 0.321. The van der Waals surface area contributed by atoms with Gasteiger partial charge in [-0.1, -0.05) is 37.4 Å². The van der Waals surface area contributed by atoms with Crippen molar-refractivity contribution in [2.45, 2.75) is 32.1 Å². The molecule has 0 heterocycles. The van der Waals surface area contributed by atoms with Crippen molar-refractivity contribution in [2.75, 3.05) is 12.3 Å². The van der Waals surface area contributed by atoms with E-state index in [0.717, 1.165) is 25.7 Å². The van der Waals surface area contributed by atoms with Crippen LogP contribution in [0.1, 0.15) is 32.1 Å². The highest BCUT2D eigenvalue weighted by atomic mass is 35.5. The van der Waals surface area contributed by atoms with Gasteiger partial charge in [-0.2, -0.15) is 0 Å². The van der Waals surface area contributed by atoms with E-state index in [4.69, 9.17) is 11.6 Å². The molecule has 0 aromatic carbocycles. The van der Waals surface area contributed by atoms with Crippen molar-refractivity contribution in [1.29, 1.82) is 0 Å². The van der Waals surface area contributed by atoms with Crippen LogP contribution in [0.3, 0.4) is 0 Å². The zero-order valence-electron chi connectivity index (χ0n) is 8.84. The first-order valence-electron chi connectivity index (χ1n) is 5.30. The van der Waals surface area contributed by atoms with E-state index in [-0.39, 0.29) is 12.3 Å². The molecule has 1 aliphatic rings. The van der Waals surface area contributed by atoms with E-state index in [0.29, 0.717) is 11.0 Å². The molecular formula is C10H18ClNO2S. The third-order valence-electron chi connectivity index (χ3n) is 2.66. The normalized spacial score (nSPS) is 19.0. The smallest absolute Gasteiger partial charge is 0.212 e. The van der Waals surface area contributed by atoms with Gasteiger partial charge in [0.15, 0.2) is 0 Å². The van der Waals surface area contributed by atoms with Crippen LogP contribution in [0.25, 0.3) is 0 Å². The van der Waals surface area contributed by atoms with E-state index in [1.165, 1.54) is 6.42 Å². The molecule has 0 radical (unpaired) electrons. The minimum atomic E-state index is -3.17. The molecule has 0 saturated heterocycles. The second-order valence-electron chi connectivity index (χ2n) is 4.12. The molecule has 0 atom stereocenters. The third kappa shape index (κ3) is 5.54. The van der Waals surface area contributed by atoms with Crippen molar-refractivity contribution in [3.8, 4) is 0 Å². The van der Waals surface area contributed by atoms with Crippen molar-refractivity contribution in [3.05, 3.63) is 11.6 Å². The van der Waals surface area contributed by atoms with E-state index in [1.54, 1.807) is 0 Å². The molecule has 1 rings (SSSR count). The molecule has 0 unspecified atom stereocenters. The Balaban J connectivity index is 2.37. The van der Waals surface area contributed by atoms with Gasteiger partial charge >= 0.3 is 0 Å². The Morgan fingerprint density at radius 2 is 1.93 bits per heavy atom. The van der Waals surface area contributed by atoms with Gasteiger partial charge in [0.05, 0.1) is 5.75 Å². The van der Waals surface area contributed by atoms with Gasteiger partial charge < -0.3 is 0 Å². The van der Waals surface area contributed by atoms with Gasteiger partial charge in [0.25, 0.3) is 0 Å². The van der Waals surface area contributed by atoms with Crippen molar-refractivity contribution >= 4 is 21.6 Å².